The fourth-order valence-electron chi connectivity index (χ4n) is 3.66. The van der Waals surface area contributed by atoms with Crippen LogP contribution in [0.2, 0.25) is 0 Å². The van der Waals surface area contributed by atoms with E-state index < -0.39 is 9.84 Å². The van der Waals surface area contributed by atoms with Gasteiger partial charge in [-0.25, -0.2) is 8.42 Å². The Morgan fingerprint density at radius 1 is 1.30 bits per heavy atom. The number of hydrogen-bond donors (Lipinski definition) is 1. The number of aromatic nitrogens is 2. The number of nitrogens with zero attached hydrogens (tertiary/aromatic N) is 3. The summed E-state index contributed by atoms with van der Waals surface area (Å²) in [6.07, 6.45) is 4.01. The van der Waals surface area contributed by atoms with Crippen LogP contribution >= 0.6 is 0 Å². The van der Waals surface area contributed by atoms with Gasteiger partial charge in [0.2, 0.25) is 11.8 Å². The zero-order valence-corrected chi connectivity index (χ0v) is 18.2. The quantitative estimate of drug-likeness (QED) is 0.572. The van der Waals surface area contributed by atoms with Gasteiger partial charge in [-0.15, -0.1) is 0 Å². The minimum absolute atomic E-state index is 0.0707. The number of likely N-dealkylation sites (tertiary alicyclic amines) is 1. The Morgan fingerprint density at radius 2 is 2.10 bits per heavy atom. The van der Waals surface area contributed by atoms with Crippen molar-refractivity contribution in [3.8, 4) is 0 Å². The monoisotopic (exact) mass is 434 g/mol. The van der Waals surface area contributed by atoms with Gasteiger partial charge in [0.05, 0.1) is 4.90 Å². The first-order valence-electron chi connectivity index (χ1n) is 10.5. The Morgan fingerprint density at radius 3 is 2.87 bits per heavy atom. The summed E-state index contributed by atoms with van der Waals surface area (Å²) < 4.78 is 29.8. The molecule has 0 spiro atoms. The second-order valence-corrected chi connectivity index (χ2v) is 9.92. The van der Waals surface area contributed by atoms with Crippen LogP contribution in [-0.2, 0) is 26.8 Å². The number of carbonyl (C=O) groups is 1. The largest absolute Gasteiger partial charge is 0.356 e. The highest BCUT2D eigenvalue weighted by atomic mass is 32.2. The van der Waals surface area contributed by atoms with Crippen LogP contribution < -0.4 is 5.32 Å². The van der Waals surface area contributed by atoms with Crippen molar-refractivity contribution < 1.29 is 17.7 Å². The highest BCUT2D eigenvalue weighted by Crippen LogP contribution is 2.16. The molecule has 8 nitrogen and oxygen atoms in total. The van der Waals surface area contributed by atoms with Gasteiger partial charge in [0, 0.05) is 25.9 Å². The number of hydrogen-bond acceptors (Lipinski definition) is 7. The lowest BCUT2D eigenvalue weighted by molar-refractivity contribution is -0.121. The SMILES string of the molecule is C[C@@H]1CCCN(CCCNC(=O)CCc2nc(CS(=O)(=O)c3ccccc3)no2)C1. The van der Waals surface area contributed by atoms with Crippen molar-refractivity contribution in [3.05, 3.63) is 42.0 Å². The lowest BCUT2D eigenvalue weighted by Gasteiger charge is -2.30. The van der Waals surface area contributed by atoms with Gasteiger partial charge >= 0.3 is 0 Å². The van der Waals surface area contributed by atoms with E-state index in [0.717, 1.165) is 32.0 Å². The Bertz CT molecular complexity index is 914. The molecule has 1 saturated heterocycles. The predicted molar refractivity (Wildman–Crippen MR) is 112 cm³/mol. The van der Waals surface area contributed by atoms with Crippen molar-refractivity contribution in [1.82, 2.24) is 20.4 Å². The third-order valence-corrected chi connectivity index (χ3v) is 6.84. The molecule has 0 aliphatic carbocycles. The molecule has 1 atom stereocenters. The van der Waals surface area contributed by atoms with Crippen molar-refractivity contribution in [2.24, 2.45) is 5.92 Å². The van der Waals surface area contributed by atoms with Crippen molar-refractivity contribution in [2.45, 2.75) is 49.7 Å². The molecule has 1 aromatic carbocycles. The summed E-state index contributed by atoms with van der Waals surface area (Å²) in [5, 5.41) is 6.65. The molecule has 1 N–H and O–H groups in total. The first-order valence-corrected chi connectivity index (χ1v) is 12.2. The molecule has 1 fully saturated rings. The maximum Gasteiger partial charge on any atom is 0.227 e. The number of piperidine rings is 1. The minimum atomic E-state index is -3.53. The van der Waals surface area contributed by atoms with Crippen LogP contribution in [-0.4, -0.2) is 55.5 Å². The number of carbonyl (C=O) groups excluding carboxylic acids is 1. The number of amides is 1. The van der Waals surface area contributed by atoms with Crippen LogP contribution in [0.1, 0.15) is 44.3 Å². The lowest BCUT2D eigenvalue weighted by Crippen LogP contribution is -2.36. The van der Waals surface area contributed by atoms with Gasteiger partial charge in [0.1, 0.15) is 5.75 Å². The van der Waals surface area contributed by atoms with E-state index in [4.69, 9.17) is 4.52 Å². The summed E-state index contributed by atoms with van der Waals surface area (Å²) in [4.78, 5) is 18.8. The molecule has 0 unspecified atom stereocenters. The van der Waals surface area contributed by atoms with Crippen molar-refractivity contribution in [3.63, 3.8) is 0 Å². The molecule has 1 aliphatic heterocycles. The van der Waals surface area contributed by atoms with Crippen molar-refractivity contribution in [2.75, 3.05) is 26.2 Å². The molecule has 0 bridgehead atoms. The standard InChI is InChI=1S/C21H30N4O4S/c1-17-7-5-13-25(15-17)14-6-12-22-20(26)10-11-21-23-19(24-29-21)16-30(27,28)18-8-3-2-4-9-18/h2-4,8-9,17H,5-7,10-16H2,1H3,(H,22,26)/t17-/m1/s1. The third kappa shape index (κ3) is 6.91. The molecule has 3 rings (SSSR count). The van der Waals surface area contributed by atoms with Crippen LogP contribution in [0.25, 0.3) is 0 Å². The van der Waals surface area contributed by atoms with E-state index in [0.29, 0.717) is 6.54 Å². The summed E-state index contributed by atoms with van der Waals surface area (Å²) in [5.74, 6) is 0.728. The second kappa shape index (κ2) is 10.7. The van der Waals surface area contributed by atoms with E-state index in [-0.39, 0.29) is 41.1 Å². The van der Waals surface area contributed by atoms with Gasteiger partial charge in [-0.05, 0) is 50.4 Å². The molecule has 1 aliphatic rings. The Labute approximate surface area is 178 Å². The van der Waals surface area contributed by atoms with Crippen LogP contribution in [0.3, 0.4) is 0 Å². The van der Waals surface area contributed by atoms with Crippen molar-refractivity contribution >= 4 is 15.7 Å². The number of nitrogens with one attached hydrogen (secondary N) is 1. The Balaban J connectivity index is 1.36. The predicted octanol–water partition coefficient (Wildman–Crippen LogP) is 2.21. The Hall–Kier alpha value is -2.26. The minimum Gasteiger partial charge on any atom is -0.356 e. The zero-order chi connectivity index (χ0) is 21.4. The number of aryl methyl sites for hydroxylation is 1. The fourth-order valence-corrected chi connectivity index (χ4v) is 4.86. The summed E-state index contributed by atoms with van der Waals surface area (Å²) in [7, 11) is -3.53. The molecule has 2 aromatic rings. The summed E-state index contributed by atoms with van der Waals surface area (Å²) in [6, 6.07) is 8.16. The lowest BCUT2D eigenvalue weighted by atomic mass is 10.0. The molecular weight excluding hydrogens is 404 g/mol. The second-order valence-electron chi connectivity index (χ2n) is 7.93. The maximum absolute atomic E-state index is 12.4. The first-order chi connectivity index (χ1) is 14.4. The van der Waals surface area contributed by atoms with E-state index in [1.54, 1.807) is 18.2 Å². The van der Waals surface area contributed by atoms with Gasteiger partial charge in [-0.1, -0.05) is 30.3 Å². The molecule has 0 saturated carbocycles. The number of sulfone groups is 1. The van der Waals surface area contributed by atoms with Crippen LogP contribution in [0.4, 0.5) is 0 Å². The van der Waals surface area contributed by atoms with E-state index >= 15 is 0 Å². The summed E-state index contributed by atoms with van der Waals surface area (Å²) in [5.41, 5.74) is 0. The maximum atomic E-state index is 12.4. The normalized spacial score (nSPS) is 17.7. The van der Waals surface area contributed by atoms with Gasteiger partial charge in [0.15, 0.2) is 15.7 Å². The smallest absolute Gasteiger partial charge is 0.227 e. The van der Waals surface area contributed by atoms with Gasteiger partial charge in [-0.2, -0.15) is 4.98 Å². The number of benzene rings is 1. The first kappa shape index (κ1) is 22.4. The average molecular weight is 435 g/mol. The molecular formula is C21H30N4O4S. The molecule has 9 heteroatoms. The van der Waals surface area contributed by atoms with E-state index in [1.807, 2.05) is 0 Å². The third-order valence-electron chi connectivity index (χ3n) is 5.21. The van der Waals surface area contributed by atoms with Crippen LogP contribution in [0.5, 0.6) is 0 Å². The summed E-state index contributed by atoms with van der Waals surface area (Å²) >= 11 is 0. The van der Waals surface area contributed by atoms with E-state index in [1.165, 1.54) is 25.0 Å². The highest BCUT2D eigenvalue weighted by Gasteiger charge is 2.19. The number of rotatable bonds is 10. The fraction of sp³-hybridized carbons (Fsp3) is 0.571. The summed E-state index contributed by atoms with van der Waals surface area (Å²) in [6.45, 7) is 6.24. The highest BCUT2D eigenvalue weighted by molar-refractivity contribution is 7.90. The molecule has 30 heavy (non-hydrogen) atoms. The van der Waals surface area contributed by atoms with Crippen LogP contribution in [0, 0.1) is 5.92 Å². The van der Waals surface area contributed by atoms with E-state index in [2.05, 4.69) is 27.3 Å². The molecule has 1 aromatic heterocycles. The zero-order valence-electron chi connectivity index (χ0n) is 17.4. The molecule has 164 valence electrons. The van der Waals surface area contributed by atoms with Crippen LogP contribution in [0.15, 0.2) is 39.8 Å². The molecule has 1 amide bonds. The van der Waals surface area contributed by atoms with Gasteiger partial charge < -0.3 is 14.7 Å². The molecule has 2 heterocycles. The Kier molecular flexibility index (Phi) is 7.98. The van der Waals surface area contributed by atoms with E-state index in [9.17, 15) is 13.2 Å². The van der Waals surface area contributed by atoms with Gasteiger partial charge in [-0.3, -0.25) is 4.79 Å². The topological polar surface area (TPSA) is 105 Å². The van der Waals surface area contributed by atoms with Crippen molar-refractivity contribution in [1.29, 1.82) is 0 Å². The van der Waals surface area contributed by atoms with Gasteiger partial charge in [0.25, 0.3) is 0 Å². The average Bonchev–Trinajstić information content (AvgIpc) is 3.17. The molecule has 0 radical (unpaired) electrons.